The number of ether oxygens (including phenoxy) is 1. The predicted molar refractivity (Wildman–Crippen MR) is 100 cm³/mol. The Morgan fingerprint density at radius 2 is 2.04 bits per heavy atom. The van der Waals surface area contributed by atoms with Gasteiger partial charge in [0.2, 0.25) is 17.0 Å². The highest BCUT2D eigenvalue weighted by molar-refractivity contribution is 7.99. The molecule has 2 amide bonds. The molecule has 1 aliphatic rings. The van der Waals surface area contributed by atoms with E-state index >= 15 is 0 Å². The monoisotopic (exact) mass is 408 g/mol. The number of primary amides is 1. The Bertz CT molecular complexity index is 844. The van der Waals surface area contributed by atoms with Crippen LogP contribution >= 0.6 is 11.8 Å². The van der Waals surface area contributed by atoms with Gasteiger partial charge in [0.15, 0.2) is 5.82 Å². The van der Waals surface area contributed by atoms with Crippen LogP contribution in [-0.2, 0) is 16.2 Å². The summed E-state index contributed by atoms with van der Waals surface area (Å²) in [5.41, 5.74) is 5.34. The van der Waals surface area contributed by atoms with Gasteiger partial charge in [-0.2, -0.15) is 0 Å². The molecule has 11 heteroatoms. The number of piperidine rings is 1. The fourth-order valence-corrected chi connectivity index (χ4v) is 3.61. The topological polar surface area (TPSA) is 129 Å². The summed E-state index contributed by atoms with van der Waals surface area (Å²) < 4.78 is 19.7. The van der Waals surface area contributed by atoms with E-state index in [9.17, 15) is 14.0 Å². The third kappa shape index (κ3) is 4.91. The van der Waals surface area contributed by atoms with E-state index in [1.54, 1.807) is 4.90 Å². The maximum atomic E-state index is 12.9. The van der Waals surface area contributed by atoms with Crippen LogP contribution in [0.5, 0.6) is 5.75 Å². The van der Waals surface area contributed by atoms with Crippen molar-refractivity contribution in [3.05, 3.63) is 35.9 Å². The van der Waals surface area contributed by atoms with E-state index in [2.05, 4.69) is 10.2 Å². The number of hydrogen-bond donors (Lipinski definition) is 2. The van der Waals surface area contributed by atoms with Crippen LogP contribution in [0.3, 0.4) is 0 Å². The average Bonchev–Trinajstić information content (AvgIpc) is 3.05. The van der Waals surface area contributed by atoms with Crippen LogP contribution in [0, 0.1) is 11.7 Å². The molecular formula is C17H21FN6O3S. The smallest absolute Gasteiger partial charge is 0.233 e. The molecule has 1 fully saturated rings. The molecule has 4 N–H and O–H groups in total. The second-order valence-corrected chi connectivity index (χ2v) is 7.32. The maximum Gasteiger partial charge on any atom is 0.233 e. The fourth-order valence-electron chi connectivity index (χ4n) is 2.84. The first-order valence-electron chi connectivity index (χ1n) is 8.71. The van der Waals surface area contributed by atoms with Crippen molar-refractivity contribution in [2.75, 3.05) is 24.7 Å². The second kappa shape index (κ2) is 8.91. The molecule has 9 nitrogen and oxygen atoms in total. The number of carbonyl (C=O) groups is 2. The van der Waals surface area contributed by atoms with Gasteiger partial charge in [-0.1, -0.05) is 11.8 Å². The van der Waals surface area contributed by atoms with E-state index in [-0.39, 0.29) is 35.9 Å². The summed E-state index contributed by atoms with van der Waals surface area (Å²) in [7, 11) is 0. The van der Waals surface area contributed by atoms with E-state index < -0.39 is 0 Å². The van der Waals surface area contributed by atoms with Crippen molar-refractivity contribution in [1.29, 1.82) is 0 Å². The van der Waals surface area contributed by atoms with Crippen LogP contribution in [0.4, 0.5) is 4.39 Å². The maximum absolute atomic E-state index is 12.9. The number of thioether (sulfide) groups is 1. The van der Waals surface area contributed by atoms with Gasteiger partial charge in [-0.05, 0) is 37.1 Å². The molecular weight excluding hydrogens is 387 g/mol. The first-order valence-corrected chi connectivity index (χ1v) is 9.70. The molecule has 2 aromatic rings. The zero-order chi connectivity index (χ0) is 20.1. The van der Waals surface area contributed by atoms with Crippen molar-refractivity contribution >= 4 is 23.6 Å². The summed E-state index contributed by atoms with van der Waals surface area (Å²) in [5.74, 6) is 5.80. The molecule has 1 atom stereocenters. The van der Waals surface area contributed by atoms with Gasteiger partial charge in [-0.25, -0.2) is 9.07 Å². The zero-order valence-corrected chi connectivity index (χ0v) is 15.9. The number of nitrogens with two attached hydrogens (primary N) is 2. The SMILES string of the molecule is NC(=O)C1CCCN(C(=O)CSc2nnc(COc3ccc(F)cc3)n2N)C1. The Balaban J connectivity index is 1.51. The van der Waals surface area contributed by atoms with Crippen LogP contribution in [0.2, 0.25) is 0 Å². The molecule has 2 heterocycles. The highest BCUT2D eigenvalue weighted by atomic mass is 32.2. The number of aromatic nitrogens is 3. The van der Waals surface area contributed by atoms with Crippen LogP contribution in [0.25, 0.3) is 0 Å². The Labute approximate surface area is 165 Å². The van der Waals surface area contributed by atoms with Gasteiger partial charge in [0, 0.05) is 13.1 Å². The Morgan fingerprint density at radius 3 is 2.75 bits per heavy atom. The minimum absolute atomic E-state index is 0.0516. The minimum Gasteiger partial charge on any atom is -0.486 e. The highest BCUT2D eigenvalue weighted by Crippen LogP contribution is 2.20. The van der Waals surface area contributed by atoms with Crippen molar-refractivity contribution in [2.24, 2.45) is 11.7 Å². The van der Waals surface area contributed by atoms with Gasteiger partial charge in [0.25, 0.3) is 0 Å². The molecule has 1 aromatic heterocycles. The van der Waals surface area contributed by atoms with Crippen LogP contribution in [0.15, 0.2) is 29.4 Å². The number of likely N-dealkylation sites (tertiary alicyclic amines) is 1. The number of nitrogens with zero attached hydrogens (tertiary/aromatic N) is 4. The number of rotatable bonds is 7. The number of halogens is 1. The van der Waals surface area contributed by atoms with Gasteiger partial charge < -0.3 is 21.2 Å². The number of amides is 2. The summed E-state index contributed by atoms with van der Waals surface area (Å²) in [6.45, 7) is 1.01. The molecule has 1 aliphatic heterocycles. The lowest BCUT2D eigenvalue weighted by atomic mass is 9.97. The molecule has 3 rings (SSSR count). The zero-order valence-electron chi connectivity index (χ0n) is 15.1. The standard InChI is InChI=1S/C17H21FN6O3S/c18-12-3-5-13(6-4-12)27-9-14-21-22-17(24(14)20)28-10-15(25)23-7-1-2-11(8-23)16(19)26/h3-6,11H,1-2,7-10,20H2,(H2,19,26). The lowest BCUT2D eigenvalue weighted by Crippen LogP contribution is -2.44. The molecule has 0 bridgehead atoms. The molecule has 0 saturated carbocycles. The van der Waals surface area contributed by atoms with Crippen molar-refractivity contribution in [1.82, 2.24) is 19.8 Å². The molecule has 28 heavy (non-hydrogen) atoms. The highest BCUT2D eigenvalue weighted by Gasteiger charge is 2.27. The summed E-state index contributed by atoms with van der Waals surface area (Å²) >= 11 is 1.15. The molecule has 150 valence electrons. The van der Waals surface area contributed by atoms with Crippen LogP contribution in [0.1, 0.15) is 18.7 Å². The Kier molecular flexibility index (Phi) is 6.34. The van der Waals surface area contributed by atoms with Crippen molar-refractivity contribution in [3.63, 3.8) is 0 Å². The van der Waals surface area contributed by atoms with E-state index in [0.29, 0.717) is 36.2 Å². The van der Waals surface area contributed by atoms with E-state index in [1.807, 2.05) is 0 Å². The largest absolute Gasteiger partial charge is 0.486 e. The third-order valence-corrected chi connectivity index (χ3v) is 5.35. The summed E-state index contributed by atoms with van der Waals surface area (Å²) in [6, 6.07) is 5.58. The molecule has 1 aromatic carbocycles. The first-order chi connectivity index (χ1) is 13.4. The number of nitrogen functional groups attached to an aromatic ring is 1. The predicted octanol–water partition coefficient (Wildman–Crippen LogP) is 0.526. The molecule has 0 spiro atoms. The van der Waals surface area contributed by atoms with E-state index in [4.69, 9.17) is 16.3 Å². The van der Waals surface area contributed by atoms with Crippen LogP contribution < -0.4 is 16.3 Å². The molecule has 0 aliphatic carbocycles. The molecule has 0 radical (unpaired) electrons. The summed E-state index contributed by atoms with van der Waals surface area (Å²) in [6.07, 6.45) is 1.46. The first kappa shape index (κ1) is 19.9. The lowest BCUT2D eigenvalue weighted by Gasteiger charge is -2.31. The number of benzene rings is 1. The van der Waals surface area contributed by atoms with E-state index in [0.717, 1.165) is 18.2 Å². The quantitative estimate of drug-likeness (QED) is 0.505. The fraction of sp³-hybridized carbons (Fsp3) is 0.412. The third-order valence-electron chi connectivity index (χ3n) is 4.42. The summed E-state index contributed by atoms with van der Waals surface area (Å²) in [4.78, 5) is 25.4. The molecule has 1 saturated heterocycles. The van der Waals surface area contributed by atoms with Gasteiger partial charge in [0.05, 0.1) is 11.7 Å². The second-order valence-electron chi connectivity index (χ2n) is 6.38. The Morgan fingerprint density at radius 1 is 1.29 bits per heavy atom. The average molecular weight is 408 g/mol. The van der Waals surface area contributed by atoms with Gasteiger partial charge in [0.1, 0.15) is 18.2 Å². The Hall–Kier alpha value is -2.82. The van der Waals surface area contributed by atoms with Gasteiger partial charge >= 0.3 is 0 Å². The minimum atomic E-state index is -0.377. The lowest BCUT2D eigenvalue weighted by molar-refractivity contribution is -0.132. The van der Waals surface area contributed by atoms with Crippen molar-refractivity contribution < 1.29 is 18.7 Å². The van der Waals surface area contributed by atoms with Crippen molar-refractivity contribution in [3.8, 4) is 5.75 Å². The van der Waals surface area contributed by atoms with Gasteiger partial charge in [-0.3, -0.25) is 9.59 Å². The van der Waals surface area contributed by atoms with Crippen molar-refractivity contribution in [2.45, 2.75) is 24.6 Å². The number of hydrogen-bond acceptors (Lipinski definition) is 7. The van der Waals surface area contributed by atoms with E-state index in [1.165, 1.54) is 28.9 Å². The number of carbonyl (C=O) groups excluding carboxylic acids is 2. The summed E-state index contributed by atoms with van der Waals surface area (Å²) in [5, 5.41) is 8.29. The molecule has 1 unspecified atom stereocenters. The van der Waals surface area contributed by atoms with Gasteiger partial charge in [-0.15, -0.1) is 10.2 Å². The van der Waals surface area contributed by atoms with Crippen LogP contribution in [-0.4, -0.2) is 50.4 Å². The normalized spacial score (nSPS) is 16.8.